The summed E-state index contributed by atoms with van der Waals surface area (Å²) in [7, 11) is -3.37. The van der Waals surface area contributed by atoms with Crippen LogP contribution in [0.25, 0.3) is 0 Å². The molecule has 0 atom stereocenters. The standard InChI is InChI=1S/C18H29NO2S/c1-18(2,3)16-9-11-17(12-10-16)22(20,21)19-14-13-15-7-5-4-6-8-15/h9-12,15,19H,4-8,13-14H2,1-3H3. The van der Waals surface area contributed by atoms with E-state index in [9.17, 15) is 8.42 Å². The van der Waals surface area contributed by atoms with Crippen LogP contribution < -0.4 is 4.72 Å². The van der Waals surface area contributed by atoms with Crippen LogP contribution in [0.15, 0.2) is 29.2 Å². The van der Waals surface area contributed by atoms with Gasteiger partial charge in [-0.25, -0.2) is 13.1 Å². The Morgan fingerprint density at radius 1 is 1.05 bits per heavy atom. The molecule has 1 aliphatic carbocycles. The van der Waals surface area contributed by atoms with E-state index in [0.717, 1.165) is 12.0 Å². The maximum Gasteiger partial charge on any atom is 0.240 e. The van der Waals surface area contributed by atoms with Crippen molar-refractivity contribution in [3.8, 4) is 0 Å². The molecule has 0 spiro atoms. The highest BCUT2D eigenvalue weighted by atomic mass is 32.2. The smallest absolute Gasteiger partial charge is 0.211 e. The molecule has 0 amide bonds. The van der Waals surface area contributed by atoms with E-state index in [4.69, 9.17) is 0 Å². The van der Waals surface area contributed by atoms with Crippen LogP contribution >= 0.6 is 0 Å². The van der Waals surface area contributed by atoms with E-state index in [1.54, 1.807) is 12.1 Å². The van der Waals surface area contributed by atoms with E-state index in [1.165, 1.54) is 32.1 Å². The first-order valence-corrected chi connectivity index (χ1v) is 9.87. The Labute approximate surface area is 135 Å². The first kappa shape index (κ1) is 17.5. The van der Waals surface area contributed by atoms with E-state index in [1.807, 2.05) is 12.1 Å². The van der Waals surface area contributed by atoms with Crippen LogP contribution in [0.4, 0.5) is 0 Å². The molecule has 1 aromatic carbocycles. The highest BCUT2D eigenvalue weighted by Crippen LogP contribution is 2.26. The largest absolute Gasteiger partial charge is 0.240 e. The lowest BCUT2D eigenvalue weighted by atomic mass is 9.87. The van der Waals surface area contributed by atoms with E-state index in [0.29, 0.717) is 17.4 Å². The van der Waals surface area contributed by atoms with Crippen molar-refractivity contribution in [1.29, 1.82) is 0 Å². The number of benzene rings is 1. The lowest BCUT2D eigenvalue weighted by Gasteiger charge is -2.21. The minimum absolute atomic E-state index is 0.0384. The van der Waals surface area contributed by atoms with Gasteiger partial charge in [0.2, 0.25) is 10.0 Å². The topological polar surface area (TPSA) is 46.2 Å². The molecule has 1 aromatic rings. The maximum atomic E-state index is 12.3. The summed E-state index contributed by atoms with van der Waals surface area (Å²) in [6.45, 7) is 6.92. The van der Waals surface area contributed by atoms with Crippen molar-refractivity contribution in [2.24, 2.45) is 5.92 Å². The fraction of sp³-hybridized carbons (Fsp3) is 0.667. The Bertz CT molecular complexity index is 564. The monoisotopic (exact) mass is 323 g/mol. The molecule has 1 N–H and O–H groups in total. The van der Waals surface area contributed by atoms with Crippen molar-refractivity contribution in [3.63, 3.8) is 0 Å². The minimum atomic E-state index is -3.37. The predicted molar refractivity (Wildman–Crippen MR) is 91.5 cm³/mol. The lowest BCUT2D eigenvalue weighted by molar-refractivity contribution is 0.339. The molecule has 0 aromatic heterocycles. The van der Waals surface area contributed by atoms with Gasteiger partial charge in [-0.15, -0.1) is 0 Å². The molecule has 22 heavy (non-hydrogen) atoms. The van der Waals surface area contributed by atoms with Crippen LogP contribution in [0, 0.1) is 5.92 Å². The van der Waals surface area contributed by atoms with Crippen LogP contribution in [-0.2, 0) is 15.4 Å². The predicted octanol–water partition coefficient (Wildman–Crippen LogP) is 4.23. The molecule has 0 radical (unpaired) electrons. The van der Waals surface area contributed by atoms with E-state index < -0.39 is 10.0 Å². The summed E-state index contributed by atoms with van der Waals surface area (Å²) in [4.78, 5) is 0.365. The van der Waals surface area contributed by atoms with Crippen LogP contribution in [-0.4, -0.2) is 15.0 Å². The fourth-order valence-corrected chi connectivity index (χ4v) is 4.14. The third kappa shape index (κ3) is 4.82. The molecule has 0 saturated heterocycles. The van der Waals surface area contributed by atoms with Gasteiger partial charge in [0.25, 0.3) is 0 Å². The van der Waals surface area contributed by atoms with E-state index in [2.05, 4.69) is 25.5 Å². The molecule has 1 saturated carbocycles. The van der Waals surface area contributed by atoms with Crippen LogP contribution in [0.2, 0.25) is 0 Å². The second-order valence-corrected chi connectivity index (χ2v) is 9.23. The Balaban J connectivity index is 1.92. The maximum absolute atomic E-state index is 12.3. The summed E-state index contributed by atoms with van der Waals surface area (Å²) in [5, 5.41) is 0. The molecular weight excluding hydrogens is 294 g/mol. The van der Waals surface area contributed by atoms with E-state index >= 15 is 0 Å². The number of nitrogens with one attached hydrogen (secondary N) is 1. The normalized spacial score (nSPS) is 17.6. The Morgan fingerprint density at radius 3 is 2.18 bits per heavy atom. The molecule has 3 nitrogen and oxygen atoms in total. The molecule has 0 unspecified atom stereocenters. The highest BCUT2D eigenvalue weighted by molar-refractivity contribution is 7.89. The van der Waals surface area contributed by atoms with Crippen LogP contribution in [0.3, 0.4) is 0 Å². The van der Waals surface area contributed by atoms with Crippen LogP contribution in [0.1, 0.15) is 64.9 Å². The summed E-state index contributed by atoms with van der Waals surface area (Å²) in [5.74, 6) is 0.694. The van der Waals surface area contributed by atoms with Gasteiger partial charge in [0, 0.05) is 6.54 Å². The Hall–Kier alpha value is -0.870. The zero-order valence-corrected chi connectivity index (χ0v) is 14.9. The van der Waals surface area contributed by atoms with Crippen molar-refractivity contribution >= 4 is 10.0 Å². The Morgan fingerprint density at radius 2 is 1.64 bits per heavy atom. The van der Waals surface area contributed by atoms with Crippen molar-refractivity contribution < 1.29 is 8.42 Å². The van der Waals surface area contributed by atoms with Gasteiger partial charge in [-0.05, 0) is 35.4 Å². The molecule has 2 rings (SSSR count). The van der Waals surface area contributed by atoms with Crippen LogP contribution in [0.5, 0.6) is 0 Å². The highest BCUT2D eigenvalue weighted by Gasteiger charge is 2.18. The summed E-state index contributed by atoms with van der Waals surface area (Å²) < 4.78 is 27.4. The zero-order chi connectivity index (χ0) is 16.2. The molecular formula is C18H29NO2S. The number of hydrogen-bond donors (Lipinski definition) is 1. The summed E-state index contributed by atoms with van der Waals surface area (Å²) >= 11 is 0. The second kappa shape index (κ2) is 7.14. The van der Waals surface area contributed by atoms with Gasteiger partial charge in [0.05, 0.1) is 4.90 Å². The molecule has 4 heteroatoms. The molecule has 0 aliphatic heterocycles. The van der Waals surface area contributed by atoms with Gasteiger partial charge in [0.1, 0.15) is 0 Å². The zero-order valence-electron chi connectivity index (χ0n) is 14.1. The number of hydrogen-bond acceptors (Lipinski definition) is 2. The SMILES string of the molecule is CC(C)(C)c1ccc(S(=O)(=O)NCCC2CCCCC2)cc1. The van der Waals surface area contributed by atoms with Crippen molar-refractivity contribution in [2.75, 3.05) is 6.54 Å². The third-order valence-corrected chi connectivity index (χ3v) is 6.08. The van der Waals surface area contributed by atoms with Gasteiger partial charge >= 0.3 is 0 Å². The van der Waals surface area contributed by atoms with Gasteiger partial charge in [-0.1, -0.05) is 65.0 Å². The average Bonchev–Trinajstić information content (AvgIpc) is 2.47. The first-order valence-electron chi connectivity index (χ1n) is 8.39. The number of rotatable bonds is 5. The fourth-order valence-electron chi connectivity index (χ4n) is 3.09. The minimum Gasteiger partial charge on any atom is -0.211 e. The molecule has 124 valence electrons. The van der Waals surface area contributed by atoms with Crippen molar-refractivity contribution in [1.82, 2.24) is 4.72 Å². The average molecular weight is 324 g/mol. The van der Waals surface area contributed by atoms with Crippen molar-refractivity contribution in [2.45, 2.75) is 69.6 Å². The summed E-state index contributed by atoms with van der Waals surface area (Å²) in [6, 6.07) is 7.25. The van der Waals surface area contributed by atoms with E-state index in [-0.39, 0.29) is 5.41 Å². The lowest BCUT2D eigenvalue weighted by Crippen LogP contribution is -2.26. The summed E-state index contributed by atoms with van der Waals surface area (Å²) in [5.41, 5.74) is 1.19. The molecule has 1 aliphatic rings. The molecule has 1 fully saturated rings. The van der Waals surface area contributed by atoms with Gasteiger partial charge in [-0.3, -0.25) is 0 Å². The van der Waals surface area contributed by atoms with Crippen molar-refractivity contribution in [3.05, 3.63) is 29.8 Å². The Kier molecular flexibility index (Phi) is 5.67. The number of sulfonamides is 1. The molecule has 0 heterocycles. The van der Waals surface area contributed by atoms with Gasteiger partial charge < -0.3 is 0 Å². The quantitative estimate of drug-likeness (QED) is 0.881. The summed E-state index contributed by atoms with van der Waals surface area (Å²) in [6.07, 6.45) is 7.39. The second-order valence-electron chi connectivity index (χ2n) is 7.46. The first-order chi connectivity index (χ1) is 10.3. The molecule has 0 bridgehead atoms. The third-order valence-electron chi connectivity index (χ3n) is 4.60. The van der Waals surface area contributed by atoms with Gasteiger partial charge in [0.15, 0.2) is 0 Å². The van der Waals surface area contributed by atoms with Gasteiger partial charge in [-0.2, -0.15) is 0 Å².